The summed E-state index contributed by atoms with van der Waals surface area (Å²) in [5.74, 6) is 2.31. The maximum atomic E-state index is 12.3. The number of amides is 1. The van der Waals surface area contributed by atoms with Crippen LogP contribution in [0.5, 0.6) is 23.0 Å². The molecule has 1 amide bonds. The highest BCUT2D eigenvalue weighted by Gasteiger charge is 2.19. The number of carbonyl (C=O) groups is 1. The topological polar surface area (TPSA) is 105 Å². The summed E-state index contributed by atoms with van der Waals surface area (Å²) in [5, 5.41) is 6.64. The van der Waals surface area contributed by atoms with Crippen molar-refractivity contribution in [1.29, 1.82) is 0 Å². The van der Waals surface area contributed by atoms with Gasteiger partial charge in [-0.15, -0.1) is 0 Å². The summed E-state index contributed by atoms with van der Waals surface area (Å²) in [7, 11) is 3.16. The maximum absolute atomic E-state index is 12.3. The van der Waals surface area contributed by atoms with Gasteiger partial charge in [0, 0.05) is 12.1 Å². The normalized spacial score (nSPS) is 11.9. The van der Waals surface area contributed by atoms with Gasteiger partial charge in [-0.2, -0.15) is 4.98 Å². The molecule has 9 heteroatoms. The first-order valence-corrected chi connectivity index (χ1v) is 8.91. The lowest BCUT2D eigenvalue weighted by molar-refractivity contribution is 0.0910. The van der Waals surface area contributed by atoms with E-state index >= 15 is 0 Å². The summed E-state index contributed by atoms with van der Waals surface area (Å²) in [6.45, 7) is 0.578. The lowest BCUT2D eigenvalue weighted by Crippen LogP contribution is -2.26. The minimum Gasteiger partial charge on any atom is -0.493 e. The van der Waals surface area contributed by atoms with E-state index < -0.39 is 5.91 Å². The van der Waals surface area contributed by atoms with Crippen LogP contribution in [0.3, 0.4) is 0 Å². The van der Waals surface area contributed by atoms with Crippen molar-refractivity contribution in [3.63, 3.8) is 0 Å². The van der Waals surface area contributed by atoms with Gasteiger partial charge in [0.2, 0.25) is 12.6 Å². The number of benzene rings is 2. The summed E-state index contributed by atoms with van der Waals surface area (Å²) >= 11 is 0. The van der Waals surface area contributed by atoms with Crippen LogP contribution in [0.4, 0.5) is 0 Å². The van der Waals surface area contributed by atoms with Crippen LogP contribution in [0.2, 0.25) is 0 Å². The van der Waals surface area contributed by atoms with Gasteiger partial charge in [0.05, 0.1) is 14.2 Å². The first-order valence-electron chi connectivity index (χ1n) is 8.91. The smallest absolute Gasteiger partial charge is 0.316 e. The number of ether oxygens (including phenoxy) is 4. The van der Waals surface area contributed by atoms with Gasteiger partial charge >= 0.3 is 11.8 Å². The number of hydrogen-bond donors (Lipinski definition) is 1. The highest BCUT2D eigenvalue weighted by atomic mass is 16.7. The third-order valence-corrected chi connectivity index (χ3v) is 4.40. The van der Waals surface area contributed by atoms with Gasteiger partial charge in [0.25, 0.3) is 0 Å². The second-order valence-corrected chi connectivity index (χ2v) is 6.19. The van der Waals surface area contributed by atoms with Crippen molar-refractivity contribution >= 4 is 5.91 Å². The summed E-state index contributed by atoms with van der Waals surface area (Å²) in [6.07, 6.45) is 0.606. The fourth-order valence-corrected chi connectivity index (χ4v) is 2.90. The molecule has 9 nitrogen and oxygen atoms in total. The quantitative estimate of drug-likeness (QED) is 0.648. The van der Waals surface area contributed by atoms with Crippen LogP contribution in [-0.2, 0) is 6.42 Å². The van der Waals surface area contributed by atoms with E-state index in [1.54, 1.807) is 32.4 Å². The van der Waals surface area contributed by atoms with Crippen LogP contribution < -0.4 is 24.3 Å². The molecule has 2 aromatic carbocycles. The highest BCUT2D eigenvalue weighted by molar-refractivity contribution is 5.89. The van der Waals surface area contributed by atoms with Gasteiger partial charge in [0.1, 0.15) is 0 Å². The average molecular weight is 397 g/mol. The first-order chi connectivity index (χ1) is 14.2. The van der Waals surface area contributed by atoms with E-state index in [1.165, 1.54) is 0 Å². The monoisotopic (exact) mass is 397 g/mol. The Kier molecular flexibility index (Phi) is 5.19. The summed E-state index contributed by atoms with van der Waals surface area (Å²) in [6, 6.07) is 10.9. The standard InChI is InChI=1S/C20H19N3O6/c1-25-14-5-3-12(9-16(14)26-2)7-8-21-19(24)20-22-18(23-29-20)13-4-6-15-17(10-13)28-11-27-15/h3-6,9-10H,7-8,11H2,1-2H3,(H,21,24). The Labute approximate surface area is 166 Å². The second-order valence-electron chi connectivity index (χ2n) is 6.19. The molecule has 0 radical (unpaired) electrons. The predicted octanol–water partition coefficient (Wildman–Crippen LogP) is 2.46. The molecule has 0 unspecified atom stereocenters. The van der Waals surface area contributed by atoms with E-state index in [4.69, 9.17) is 23.5 Å². The Balaban J connectivity index is 1.36. The Morgan fingerprint density at radius 3 is 2.72 bits per heavy atom. The van der Waals surface area contributed by atoms with E-state index in [2.05, 4.69) is 15.5 Å². The van der Waals surface area contributed by atoms with E-state index in [1.807, 2.05) is 18.2 Å². The van der Waals surface area contributed by atoms with Crippen molar-refractivity contribution in [2.24, 2.45) is 0 Å². The Morgan fingerprint density at radius 2 is 1.90 bits per heavy atom. The third-order valence-electron chi connectivity index (χ3n) is 4.40. The van der Waals surface area contributed by atoms with Crippen molar-refractivity contribution in [1.82, 2.24) is 15.5 Å². The number of methoxy groups -OCH3 is 2. The number of nitrogens with one attached hydrogen (secondary N) is 1. The Morgan fingerprint density at radius 1 is 1.07 bits per heavy atom. The second kappa shape index (κ2) is 8.09. The molecular weight excluding hydrogens is 378 g/mol. The number of carbonyl (C=O) groups excluding carboxylic acids is 1. The zero-order valence-corrected chi connectivity index (χ0v) is 15.9. The van der Waals surface area contributed by atoms with Gasteiger partial charge in [0.15, 0.2) is 23.0 Å². The summed E-state index contributed by atoms with van der Waals surface area (Å²) in [4.78, 5) is 16.5. The van der Waals surface area contributed by atoms with Gasteiger partial charge in [-0.1, -0.05) is 11.2 Å². The van der Waals surface area contributed by atoms with Crippen LogP contribution in [0.25, 0.3) is 11.4 Å². The van der Waals surface area contributed by atoms with Crippen LogP contribution in [0.15, 0.2) is 40.9 Å². The van der Waals surface area contributed by atoms with Crippen molar-refractivity contribution in [2.45, 2.75) is 6.42 Å². The van der Waals surface area contributed by atoms with Crippen molar-refractivity contribution in [3.8, 4) is 34.4 Å². The molecule has 1 N–H and O–H groups in total. The molecule has 0 spiro atoms. The molecule has 0 bridgehead atoms. The zero-order valence-electron chi connectivity index (χ0n) is 15.9. The molecule has 0 saturated carbocycles. The van der Waals surface area contributed by atoms with Crippen molar-refractivity contribution in [3.05, 3.63) is 47.9 Å². The molecule has 1 aliphatic heterocycles. The molecule has 4 rings (SSSR count). The molecule has 1 aliphatic rings. The molecule has 0 atom stereocenters. The molecule has 0 saturated heterocycles. The maximum Gasteiger partial charge on any atom is 0.316 e. The van der Waals surface area contributed by atoms with Crippen LogP contribution in [-0.4, -0.2) is 43.6 Å². The molecular formula is C20H19N3O6. The molecule has 3 aromatic rings. The summed E-state index contributed by atoms with van der Waals surface area (Å²) in [5.41, 5.74) is 1.66. The lowest BCUT2D eigenvalue weighted by atomic mass is 10.1. The predicted molar refractivity (Wildman–Crippen MR) is 101 cm³/mol. The molecule has 29 heavy (non-hydrogen) atoms. The average Bonchev–Trinajstić information content (AvgIpc) is 3.42. The number of rotatable bonds is 7. The number of nitrogens with zero attached hydrogens (tertiary/aromatic N) is 2. The van der Waals surface area contributed by atoms with Crippen LogP contribution in [0.1, 0.15) is 16.2 Å². The van der Waals surface area contributed by atoms with Crippen molar-refractivity contribution in [2.75, 3.05) is 27.6 Å². The Hall–Kier alpha value is -3.75. The number of fused-ring (bicyclic) bond motifs is 1. The molecule has 1 aromatic heterocycles. The minimum absolute atomic E-state index is 0.107. The first kappa shape index (κ1) is 18.6. The SMILES string of the molecule is COc1ccc(CCNC(=O)c2nc(-c3ccc4c(c3)OCO4)no2)cc1OC. The zero-order chi connectivity index (χ0) is 20.2. The summed E-state index contributed by atoms with van der Waals surface area (Å²) < 4.78 is 26.2. The van der Waals surface area contributed by atoms with Gasteiger partial charge in [-0.05, 0) is 42.3 Å². The minimum atomic E-state index is -0.440. The lowest BCUT2D eigenvalue weighted by Gasteiger charge is -2.09. The van der Waals surface area contributed by atoms with E-state index in [0.717, 1.165) is 5.56 Å². The van der Waals surface area contributed by atoms with E-state index in [9.17, 15) is 4.79 Å². The Bertz CT molecular complexity index is 1030. The van der Waals surface area contributed by atoms with Gasteiger partial charge in [-0.3, -0.25) is 4.79 Å². The fraction of sp³-hybridized carbons (Fsp3) is 0.250. The molecule has 2 heterocycles. The van der Waals surface area contributed by atoms with E-state index in [-0.39, 0.29) is 12.7 Å². The van der Waals surface area contributed by atoms with Crippen LogP contribution in [0, 0.1) is 0 Å². The number of hydrogen-bond acceptors (Lipinski definition) is 8. The van der Waals surface area contributed by atoms with Crippen LogP contribution >= 0.6 is 0 Å². The molecule has 0 aliphatic carbocycles. The highest BCUT2D eigenvalue weighted by Crippen LogP contribution is 2.35. The van der Waals surface area contributed by atoms with Crippen molar-refractivity contribution < 1.29 is 28.3 Å². The fourth-order valence-electron chi connectivity index (χ4n) is 2.90. The largest absolute Gasteiger partial charge is 0.493 e. The van der Waals surface area contributed by atoms with Gasteiger partial charge < -0.3 is 28.8 Å². The number of aromatic nitrogens is 2. The molecule has 0 fully saturated rings. The third kappa shape index (κ3) is 3.93. The van der Waals surface area contributed by atoms with Gasteiger partial charge in [-0.25, -0.2) is 0 Å². The molecule has 150 valence electrons. The van der Waals surface area contributed by atoms with E-state index in [0.29, 0.717) is 47.4 Å².